The summed E-state index contributed by atoms with van der Waals surface area (Å²) in [6, 6.07) is 3.79. The molecule has 102 valence electrons. The molecule has 1 aromatic rings. The van der Waals surface area contributed by atoms with Gasteiger partial charge < -0.3 is 10.2 Å². The molecule has 1 aromatic carbocycles. The summed E-state index contributed by atoms with van der Waals surface area (Å²) in [5.74, 6) is -0.401. The Bertz CT molecular complexity index is 665. The number of rotatable bonds is 1. The van der Waals surface area contributed by atoms with E-state index in [0.29, 0.717) is 10.8 Å². The lowest BCUT2D eigenvalue weighted by Gasteiger charge is -2.23. The molecule has 0 radical (unpaired) electrons. The molecule has 0 bridgehead atoms. The van der Waals surface area contributed by atoms with Crippen LogP contribution in [-0.2, 0) is 9.84 Å². The lowest BCUT2D eigenvalue weighted by Crippen LogP contribution is -2.36. The fourth-order valence-electron chi connectivity index (χ4n) is 2.54. The maximum atomic E-state index is 13.2. The highest BCUT2D eigenvalue weighted by molar-refractivity contribution is 7.91. The number of nitrogens with zero attached hydrogens (tertiary/aromatic N) is 1. The number of fused-ring (bicyclic) bond motifs is 1. The van der Waals surface area contributed by atoms with E-state index in [1.807, 2.05) is 0 Å². The minimum atomic E-state index is -3.06. The average molecular weight is 321 g/mol. The van der Waals surface area contributed by atoms with Gasteiger partial charge in [-0.15, -0.1) is 0 Å². The molecule has 19 heavy (non-hydrogen) atoms. The monoisotopic (exact) mass is 320 g/mol. The van der Waals surface area contributed by atoms with Crippen molar-refractivity contribution in [2.45, 2.75) is 12.1 Å². The largest absolute Gasteiger partial charge is 0.356 e. The Labute approximate surface area is 120 Å². The SMILES string of the molecule is O=S1(=O)C[C@H]2NC(=S)N(c3ccc(F)c(Cl)c3)[C@H]2C1. The van der Waals surface area contributed by atoms with E-state index in [4.69, 9.17) is 23.8 Å². The summed E-state index contributed by atoms with van der Waals surface area (Å²) in [7, 11) is -3.06. The van der Waals surface area contributed by atoms with Crippen LogP contribution >= 0.6 is 23.8 Å². The van der Waals surface area contributed by atoms with Crippen molar-refractivity contribution in [1.82, 2.24) is 5.32 Å². The van der Waals surface area contributed by atoms with Crippen LogP contribution < -0.4 is 10.2 Å². The van der Waals surface area contributed by atoms with E-state index in [-0.39, 0.29) is 28.6 Å². The predicted octanol–water partition coefficient (Wildman–Crippen LogP) is 1.34. The van der Waals surface area contributed by atoms with Crippen molar-refractivity contribution in [3.05, 3.63) is 29.0 Å². The second-order valence-electron chi connectivity index (χ2n) is 4.67. The van der Waals surface area contributed by atoms with Crippen LogP contribution in [0.25, 0.3) is 0 Å². The van der Waals surface area contributed by atoms with Gasteiger partial charge in [0.05, 0.1) is 28.6 Å². The highest BCUT2D eigenvalue weighted by Gasteiger charge is 2.47. The fraction of sp³-hybridized carbons (Fsp3) is 0.364. The summed E-state index contributed by atoms with van der Waals surface area (Å²) in [6.45, 7) is 0. The third kappa shape index (κ3) is 2.19. The highest BCUT2D eigenvalue weighted by Crippen LogP contribution is 2.31. The molecule has 0 unspecified atom stereocenters. The van der Waals surface area contributed by atoms with Crippen molar-refractivity contribution >= 4 is 44.5 Å². The molecule has 1 N–H and O–H groups in total. The van der Waals surface area contributed by atoms with E-state index in [1.165, 1.54) is 12.1 Å². The number of anilines is 1. The number of benzene rings is 1. The van der Waals surface area contributed by atoms with Gasteiger partial charge in [0.25, 0.3) is 0 Å². The van der Waals surface area contributed by atoms with Crippen LogP contribution in [0.4, 0.5) is 10.1 Å². The Hall–Kier alpha value is -0.920. The first-order valence-corrected chi connectivity index (χ1v) is 8.23. The fourth-order valence-corrected chi connectivity index (χ4v) is 5.00. The first-order valence-electron chi connectivity index (χ1n) is 5.62. The van der Waals surface area contributed by atoms with Crippen molar-refractivity contribution < 1.29 is 12.8 Å². The summed E-state index contributed by atoms with van der Waals surface area (Å²) in [5, 5.41) is 3.44. The zero-order valence-corrected chi connectivity index (χ0v) is 12.0. The lowest BCUT2D eigenvalue weighted by atomic mass is 10.1. The molecular formula is C11H10ClFN2O2S2. The van der Waals surface area contributed by atoms with Gasteiger partial charge in [0, 0.05) is 5.69 Å². The van der Waals surface area contributed by atoms with Crippen molar-refractivity contribution in [3.8, 4) is 0 Å². The number of hydrogen-bond acceptors (Lipinski definition) is 3. The summed E-state index contributed by atoms with van der Waals surface area (Å²) in [4.78, 5) is 1.70. The molecule has 0 spiro atoms. The topological polar surface area (TPSA) is 49.4 Å². The van der Waals surface area contributed by atoms with Crippen molar-refractivity contribution in [1.29, 1.82) is 0 Å². The standard InChI is InChI=1S/C11H10ClFN2O2S2/c12-7-3-6(1-2-8(7)13)15-10-5-19(16,17)4-9(10)14-11(15)18/h1-3,9-10H,4-5H2,(H,14,18)/t9-,10+/m1/s1. The normalized spacial score (nSPS) is 28.3. The van der Waals surface area contributed by atoms with Gasteiger partial charge in [0.2, 0.25) is 0 Å². The molecule has 2 saturated heterocycles. The molecule has 2 atom stereocenters. The second-order valence-corrected chi connectivity index (χ2v) is 7.62. The quantitative estimate of drug-likeness (QED) is 0.791. The first-order chi connectivity index (χ1) is 8.87. The van der Waals surface area contributed by atoms with E-state index in [1.54, 1.807) is 11.0 Å². The van der Waals surface area contributed by atoms with Gasteiger partial charge in [-0.25, -0.2) is 12.8 Å². The lowest BCUT2D eigenvalue weighted by molar-refractivity contribution is 0.600. The van der Waals surface area contributed by atoms with Crippen molar-refractivity contribution in [3.63, 3.8) is 0 Å². The van der Waals surface area contributed by atoms with Crippen LogP contribution in [0.2, 0.25) is 5.02 Å². The average Bonchev–Trinajstić information content (AvgIpc) is 2.73. The van der Waals surface area contributed by atoms with E-state index in [0.717, 1.165) is 0 Å². The maximum Gasteiger partial charge on any atom is 0.174 e. The molecule has 2 aliphatic heterocycles. The molecule has 3 rings (SSSR count). The summed E-state index contributed by atoms with van der Waals surface area (Å²) in [5.41, 5.74) is 0.605. The van der Waals surface area contributed by atoms with Crippen LogP contribution in [0, 0.1) is 5.82 Å². The Morgan fingerprint density at radius 3 is 2.84 bits per heavy atom. The van der Waals surface area contributed by atoms with Crippen LogP contribution in [0.5, 0.6) is 0 Å². The van der Waals surface area contributed by atoms with E-state index >= 15 is 0 Å². The zero-order chi connectivity index (χ0) is 13.8. The van der Waals surface area contributed by atoms with Gasteiger partial charge >= 0.3 is 0 Å². The third-order valence-corrected chi connectivity index (χ3v) is 5.68. The second kappa shape index (κ2) is 4.29. The molecule has 4 nitrogen and oxygen atoms in total. The highest BCUT2D eigenvalue weighted by atomic mass is 35.5. The summed E-state index contributed by atoms with van der Waals surface area (Å²) < 4.78 is 36.5. The molecule has 0 saturated carbocycles. The molecule has 0 amide bonds. The molecular weight excluding hydrogens is 311 g/mol. The van der Waals surface area contributed by atoms with Crippen LogP contribution in [0.3, 0.4) is 0 Å². The molecule has 8 heteroatoms. The summed E-state index contributed by atoms with van der Waals surface area (Å²) in [6.07, 6.45) is 0. The molecule has 0 aromatic heterocycles. The minimum absolute atomic E-state index is 0.00963. The molecule has 2 heterocycles. The molecule has 2 aliphatic rings. The van der Waals surface area contributed by atoms with Gasteiger partial charge in [0.1, 0.15) is 5.82 Å². The van der Waals surface area contributed by atoms with Gasteiger partial charge in [-0.2, -0.15) is 0 Å². The third-order valence-electron chi connectivity index (χ3n) is 3.36. The van der Waals surface area contributed by atoms with Crippen LogP contribution in [0.1, 0.15) is 0 Å². The van der Waals surface area contributed by atoms with E-state index < -0.39 is 15.7 Å². The van der Waals surface area contributed by atoms with Gasteiger partial charge in [-0.05, 0) is 30.4 Å². The van der Waals surface area contributed by atoms with Gasteiger partial charge in [-0.1, -0.05) is 11.6 Å². The van der Waals surface area contributed by atoms with Crippen LogP contribution in [-0.4, -0.2) is 37.1 Å². The zero-order valence-electron chi connectivity index (χ0n) is 9.64. The van der Waals surface area contributed by atoms with Crippen LogP contribution in [0.15, 0.2) is 18.2 Å². The van der Waals surface area contributed by atoms with Crippen molar-refractivity contribution in [2.24, 2.45) is 0 Å². The first kappa shape index (κ1) is 13.1. The van der Waals surface area contributed by atoms with E-state index in [2.05, 4.69) is 5.32 Å². The number of hydrogen-bond donors (Lipinski definition) is 1. The summed E-state index contributed by atoms with van der Waals surface area (Å²) >= 11 is 11.0. The Morgan fingerprint density at radius 2 is 2.16 bits per heavy atom. The predicted molar refractivity (Wildman–Crippen MR) is 75.9 cm³/mol. The smallest absolute Gasteiger partial charge is 0.174 e. The Balaban J connectivity index is 1.99. The molecule has 0 aliphatic carbocycles. The van der Waals surface area contributed by atoms with Gasteiger partial charge in [-0.3, -0.25) is 0 Å². The number of sulfone groups is 1. The number of halogens is 2. The Kier molecular flexibility index (Phi) is 2.95. The molecule has 2 fully saturated rings. The minimum Gasteiger partial charge on any atom is -0.356 e. The Morgan fingerprint density at radius 1 is 1.42 bits per heavy atom. The number of nitrogens with one attached hydrogen (secondary N) is 1. The van der Waals surface area contributed by atoms with Crippen molar-refractivity contribution in [2.75, 3.05) is 16.4 Å². The van der Waals surface area contributed by atoms with Gasteiger partial charge in [0.15, 0.2) is 14.9 Å². The number of thiocarbonyl (C=S) groups is 1. The maximum absolute atomic E-state index is 13.2. The van der Waals surface area contributed by atoms with E-state index in [9.17, 15) is 12.8 Å².